The van der Waals surface area contributed by atoms with E-state index < -0.39 is 0 Å². The van der Waals surface area contributed by atoms with Crippen molar-refractivity contribution in [2.24, 2.45) is 0 Å². The van der Waals surface area contributed by atoms with Crippen molar-refractivity contribution in [1.29, 1.82) is 0 Å². The van der Waals surface area contributed by atoms with Gasteiger partial charge in [0, 0.05) is 18.7 Å². The number of rotatable bonds is 1. The Morgan fingerprint density at radius 2 is 2.07 bits per heavy atom. The van der Waals surface area contributed by atoms with Gasteiger partial charge in [0.25, 0.3) is 0 Å². The lowest BCUT2D eigenvalue weighted by atomic mass is 10.2. The maximum atomic E-state index is 13.5. The van der Waals surface area contributed by atoms with Crippen LogP contribution in [0.4, 0.5) is 10.1 Å². The Labute approximate surface area is 88.7 Å². The summed E-state index contributed by atoms with van der Waals surface area (Å²) in [5.74, 6) is 2.28. The number of nitrogens with zero attached hydrogens (tertiary/aromatic N) is 1. The summed E-state index contributed by atoms with van der Waals surface area (Å²) in [5, 5.41) is 0. The second kappa shape index (κ2) is 4.33. The predicted octanol–water partition coefficient (Wildman–Crippen LogP) is 1.64. The molecule has 0 atom stereocenters. The zero-order valence-corrected chi connectivity index (χ0v) is 8.37. The van der Waals surface area contributed by atoms with E-state index in [9.17, 15) is 4.39 Å². The molecule has 1 heterocycles. The third-order valence-corrected chi connectivity index (χ3v) is 2.46. The minimum absolute atomic E-state index is 0.226. The summed E-state index contributed by atoms with van der Waals surface area (Å²) >= 11 is 0. The molecule has 2 nitrogen and oxygen atoms in total. The SMILES string of the molecule is C#Cc1ccc(F)c(N2CCOCC2)c1. The fraction of sp³-hybridized carbons (Fsp3) is 0.333. The predicted molar refractivity (Wildman–Crippen MR) is 57.4 cm³/mol. The number of morpholine rings is 1. The van der Waals surface area contributed by atoms with Gasteiger partial charge in [0.2, 0.25) is 0 Å². The van der Waals surface area contributed by atoms with Crippen molar-refractivity contribution in [3.8, 4) is 12.3 Å². The topological polar surface area (TPSA) is 12.5 Å². The number of hydrogen-bond acceptors (Lipinski definition) is 2. The zero-order valence-electron chi connectivity index (χ0n) is 8.37. The summed E-state index contributed by atoms with van der Waals surface area (Å²) in [6, 6.07) is 4.74. The van der Waals surface area contributed by atoms with Crippen molar-refractivity contribution >= 4 is 5.69 Å². The minimum atomic E-state index is -0.226. The van der Waals surface area contributed by atoms with Gasteiger partial charge in [-0.05, 0) is 18.2 Å². The first-order valence-electron chi connectivity index (χ1n) is 4.90. The first-order chi connectivity index (χ1) is 7.31. The van der Waals surface area contributed by atoms with Gasteiger partial charge in [0.1, 0.15) is 5.82 Å². The molecule has 0 aliphatic carbocycles. The van der Waals surface area contributed by atoms with E-state index in [2.05, 4.69) is 5.92 Å². The van der Waals surface area contributed by atoms with Crippen LogP contribution >= 0.6 is 0 Å². The number of ether oxygens (including phenoxy) is 1. The molecule has 0 N–H and O–H groups in total. The van der Waals surface area contributed by atoms with Gasteiger partial charge >= 0.3 is 0 Å². The monoisotopic (exact) mass is 205 g/mol. The molecule has 0 unspecified atom stereocenters. The minimum Gasteiger partial charge on any atom is -0.378 e. The quantitative estimate of drug-likeness (QED) is 0.646. The lowest BCUT2D eigenvalue weighted by Crippen LogP contribution is -2.36. The molecule has 1 aromatic carbocycles. The Kier molecular flexibility index (Phi) is 2.89. The molecule has 0 amide bonds. The van der Waals surface area contributed by atoms with Crippen molar-refractivity contribution in [2.45, 2.75) is 0 Å². The van der Waals surface area contributed by atoms with Crippen molar-refractivity contribution in [3.05, 3.63) is 29.6 Å². The van der Waals surface area contributed by atoms with Gasteiger partial charge in [0.15, 0.2) is 0 Å². The molecular weight excluding hydrogens is 193 g/mol. The van der Waals surface area contributed by atoms with E-state index in [4.69, 9.17) is 11.2 Å². The van der Waals surface area contributed by atoms with Gasteiger partial charge in [-0.3, -0.25) is 0 Å². The fourth-order valence-corrected chi connectivity index (χ4v) is 1.65. The molecule has 1 fully saturated rings. The smallest absolute Gasteiger partial charge is 0.146 e. The Morgan fingerprint density at radius 3 is 2.73 bits per heavy atom. The van der Waals surface area contributed by atoms with Crippen LogP contribution in [0.25, 0.3) is 0 Å². The van der Waals surface area contributed by atoms with Gasteiger partial charge < -0.3 is 9.64 Å². The van der Waals surface area contributed by atoms with Crippen LogP contribution < -0.4 is 4.90 Å². The van der Waals surface area contributed by atoms with Crippen LogP contribution in [0.2, 0.25) is 0 Å². The van der Waals surface area contributed by atoms with E-state index in [1.165, 1.54) is 6.07 Å². The fourth-order valence-electron chi connectivity index (χ4n) is 1.65. The lowest BCUT2D eigenvalue weighted by Gasteiger charge is -2.29. The maximum Gasteiger partial charge on any atom is 0.146 e. The van der Waals surface area contributed by atoms with Crippen molar-refractivity contribution in [1.82, 2.24) is 0 Å². The number of benzene rings is 1. The highest BCUT2D eigenvalue weighted by Gasteiger charge is 2.14. The summed E-state index contributed by atoms with van der Waals surface area (Å²) in [7, 11) is 0. The summed E-state index contributed by atoms with van der Waals surface area (Å²) in [6.45, 7) is 2.70. The Bertz CT molecular complexity index is 391. The third-order valence-electron chi connectivity index (χ3n) is 2.46. The molecule has 15 heavy (non-hydrogen) atoms. The second-order valence-electron chi connectivity index (χ2n) is 3.41. The van der Waals surface area contributed by atoms with E-state index in [-0.39, 0.29) is 5.82 Å². The summed E-state index contributed by atoms with van der Waals surface area (Å²) in [5.41, 5.74) is 1.28. The van der Waals surface area contributed by atoms with Crippen LogP contribution in [0, 0.1) is 18.2 Å². The molecule has 0 saturated carbocycles. The Morgan fingerprint density at radius 1 is 1.33 bits per heavy atom. The van der Waals surface area contributed by atoms with E-state index in [0.29, 0.717) is 37.6 Å². The average molecular weight is 205 g/mol. The van der Waals surface area contributed by atoms with Crippen LogP contribution in [0.15, 0.2) is 18.2 Å². The molecule has 2 rings (SSSR count). The van der Waals surface area contributed by atoms with Gasteiger partial charge in [-0.2, -0.15) is 0 Å². The highest BCUT2D eigenvalue weighted by Crippen LogP contribution is 2.21. The number of hydrogen-bond donors (Lipinski definition) is 0. The van der Waals surface area contributed by atoms with E-state index >= 15 is 0 Å². The molecule has 0 spiro atoms. The summed E-state index contributed by atoms with van der Waals surface area (Å²) in [6.07, 6.45) is 5.28. The molecule has 0 radical (unpaired) electrons. The van der Waals surface area contributed by atoms with Crippen molar-refractivity contribution in [3.63, 3.8) is 0 Å². The van der Waals surface area contributed by atoms with Gasteiger partial charge in [-0.15, -0.1) is 6.42 Å². The number of terminal acetylenes is 1. The van der Waals surface area contributed by atoms with Crippen LogP contribution in [-0.4, -0.2) is 26.3 Å². The van der Waals surface area contributed by atoms with Gasteiger partial charge in [0.05, 0.1) is 18.9 Å². The van der Waals surface area contributed by atoms with Crippen molar-refractivity contribution < 1.29 is 9.13 Å². The van der Waals surface area contributed by atoms with Crippen LogP contribution in [-0.2, 0) is 4.74 Å². The maximum absolute atomic E-state index is 13.5. The van der Waals surface area contributed by atoms with Crippen LogP contribution in [0.5, 0.6) is 0 Å². The van der Waals surface area contributed by atoms with E-state index in [1.54, 1.807) is 12.1 Å². The molecule has 1 aliphatic rings. The molecule has 78 valence electrons. The number of anilines is 1. The van der Waals surface area contributed by atoms with E-state index in [1.807, 2.05) is 4.90 Å². The van der Waals surface area contributed by atoms with Gasteiger partial charge in [-0.25, -0.2) is 4.39 Å². The highest BCUT2D eigenvalue weighted by atomic mass is 19.1. The Hall–Kier alpha value is -1.53. The molecule has 3 heteroatoms. The summed E-state index contributed by atoms with van der Waals surface area (Å²) in [4.78, 5) is 1.96. The molecule has 0 aromatic heterocycles. The largest absolute Gasteiger partial charge is 0.378 e. The highest BCUT2D eigenvalue weighted by molar-refractivity contribution is 5.53. The molecule has 1 saturated heterocycles. The third kappa shape index (κ3) is 2.11. The molecular formula is C12H12FNO. The lowest BCUT2D eigenvalue weighted by molar-refractivity contribution is 0.122. The van der Waals surface area contributed by atoms with Gasteiger partial charge in [-0.1, -0.05) is 5.92 Å². The molecule has 1 aliphatic heterocycles. The van der Waals surface area contributed by atoms with Crippen LogP contribution in [0.3, 0.4) is 0 Å². The molecule has 0 bridgehead atoms. The average Bonchev–Trinajstić information content (AvgIpc) is 2.31. The Balaban J connectivity index is 2.29. The first-order valence-corrected chi connectivity index (χ1v) is 4.90. The normalized spacial score (nSPS) is 16.1. The second-order valence-corrected chi connectivity index (χ2v) is 3.41. The standard InChI is InChI=1S/C12H12FNO/c1-2-10-3-4-11(13)12(9-10)14-5-7-15-8-6-14/h1,3-4,9H,5-8H2. The first kappa shape index (κ1) is 10.0. The zero-order chi connectivity index (χ0) is 10.7. The van der Waals surface area contributed by atoms with Crippen LogP contribution in [0.1, 0.15) is 5.56 Å². The summed E-state index contributed by atoms with van der Waals surface area (Å²) < 4.78 is 18.8. The molecule has 1 aromatic rings. The number of halogens is 1. The van der Waals surface area contributed by atoms with Crippen molar-refractivity contribution in [2.75, 3.05) is 31.2 Å². The van der Waals surface area contributed by atoms with E-state index in [0.717, 1.165) is 0 Å².